The van der Waals surface area contributed by atoms with E-state index in [0.29, 0.717) is 5.56 Å². The summed E-state index contributed by atoms with van der Waals surface area (Å²) in [5.41, 5.74) is 7.33. The fraction of sp³-hybridized carbons (Fsp3) is 0.500. The highest BCUT2D eigenvalue weighted by Gasteiger charge is 2.19. The molecule has 6 nitrogen and oxygen atoms in total. The van der Waals surface area contributed by atoms with Gasteiger partial charge in [0.1, 0.15) is 0 Å². The summed E-state index contributed by atoms with van der Waals surface area (Å²) in [5, 5.41) is 11.6. The molecule has 1 aromatic carbocycles. The Hall–Kier alpha value is -1.79. The molecule has 110 valence electrons. The van der Waals surface area contributed by atoms with E-state index in [1.807, 2.05) is 31.3 Å². The molecule has 1 aromatic rings. The summed E-state index contributed by atoms with van der Waals surface area (Å²) >= 11 is 0. The molecule has 20 heavy (non-hydrogen) atoms. The van der Waals surface area contributed by atoms with Crippen LogP contribution in [0.5, 0.6) is 0 Å². The summed E-state index contributed by atoms with van der Waals surface area (Å²) in [4.78, 5) is 4.43. The maximum Gasteiger partial charge on any atom is 0.170 e. The third kappa shape index (κ3) is 3.61. The Morgan fingerprint density at radius 3 is 2.80 bits per heavy atom. The number of hydrogen-bond donors (Lipinski definition) is 2. The smallest absolute Gasteiger partial charge is 0.170 e. The van der Waals surface area contributed by atoms with Crippen LogP contribution in [0.25, 0.3) is 0 Å². The Bertz CT molecular complexity index is 461. The van der Waals surface area contributed by atoms with Gasteiger partial charge in [-0.15, -0.1) is 0 Å². The molecule has 1 heterocycles. The van der Waals surface area contributed by atoms with Crippen molar-refractivity contribution in [3.63, 3.8) is 0 Å². The number of morpholine rings is 1. The second-order valence-electron chi connectivity index (χ2n) is 5.17. The monoisotopic (exact) mass is 278 g/mol. The number of benzene rings is 1. The molecule has 0 amide bonds. The standard InChI is InChI=1S/C14H22N4O2/c1-17-7-8-20-13(9-17)10-18(2)12-5-3-11(4-6-12)14(15)16-19/h3-6,13,19H,7-10H2,1-2H3,(H2,15,16). The van der Waals surface area contributed by atoms with Crippen LogP contribution in [0.2, 0.25) is 0 Å². The Morgan fingerprint density at radius 1 is 1.50 bits per heavy atom. The fourth-order valence-electron chi connectivity index (χ4n) is 2.33. The molecule has 3 N–H and O–H groups in total. The summed E-state index contributed by atoms with van der Waals surface area (Å²) < 4.78 is 5.76. The lowest BCUT2D eigenvalue weighted by Crippen LogP contribution is -2.45. The van der Waals surface area contributed by atoms with Gasteiger partial charge in [0.2, 0.25) is 0 Å². The van der Waals surface area contributed by atoms with Crippen molar-refractivity contribution < 1.29 is 9.94 Å². The van der Waals surface area contributed by atoms with Crippen LogP contribution in [-0.4, -0.2) is 62.4 Å². The number of hydrogen-bond acceptors (Lipinski definition) is 5. The number of amidine groups is 1. The van der Waals surface area contributed by atoms with Crippen LogP contribution in [0.3, 0.4) is 0 Å². The minimum atomic E-state index is 0.122. The van der Waals surface area contributed by atoms with Crippen molar-refractivity contribution in [1.29, 1.82) is 0 Å². The molecule has 1 aliphatic heterocycles. The second-order valence-corrected chi connectivity index (χ2v) is 5.17. The van der Waals surface area contributed by atoms with Crippen molar-refractivity contribution in [2.24, 2.45) is 10.9 Å². The van der Waals surface area contributed by atoms with Gasteiger partial charge in [0.15, 0.2) is 5.84 Å². The Balaban J connectivity index is 1.96. The lowest BCUT2D eigenvalue weighted by atomic mass is 10.1. The normalized spacial score (nSPS) is 20.9. The number of rotatable bonds is 4. The summed E-state index contributed by atoms with van der Waals surface area (Å²) in [6, 6.07) is 7.60. The number of nitrogens with zero attached hydrogens (tertiary/aromatic N) is 3. The number of anilines is 1. The molecule has 0 spiro atoms. The van der Waals surface area contributed by atoms with Crippen LogP contribution in [0.1, 0.15) is 5.56 Å². The number of likely N-dealkylation sites (N-methyl/N-ethyl adjacent to an activating group) is 2. The van der Waals surface area contributed by atoms with Crippen LogP contribution in [0.15, 0.2) is 29.4 Å². The SMILES string of the molecule is CN1CCOC(CN(C)c2ccc(C(N)=NO)cc2)C1. The van der Waals surface area contributed by atoms with Crippen molar-refractivity contribution in [3.8, 4) is 0 Å². The van der Waals surface area contributed by atoms with Crippen molar-refractivity contribution >= 4 is 11.5 Å². The molecule has 1 fully saturated rings. The highest BCUT2D eigenvalue weighted by molar-refractivity contribution is 5.97. The average Bonchev–Trinajstić information content (AvgIpc) is 2.46. The van der Waals surface area contributed by atoms with E-state index < -0.39 is 0 Å². The zero-order chi connectivity index (χ0) is 14.5. The second kappa shape index (κ2) is 6.58. The fourth-order valence-corrected chi connectivity index (χ4v) is 2.33. The largest absolute Gasteiger partial charge is 0.409 e. The first-order valence-corrected chi connectivity index (χ1v) is 6.69. The highest BCUT2D eigenvalue weighted by Crippen LogP contribution is 2.15. The molecule has 6 heteroatoms. The highest BCUT2D eigenvalue weighted by atomic mass is 16.5. The van der Waals surface area contributed by atoms with Gasteiger partial charge in [0.05, 0.1) is 12.7 Å². The first-order chi connectivity index (χ1) is 9.60. The van der Waals surface area contributed by atoms with Gasteiger partial charge in [-0.05, 0) is 31.3 Å². The topological polar surface area (TPSA) is 74.3 Å². The third-order valence-corrected chi connectivity index (χ3v) is 3.53. The quantitative estimate of drug-likeness (QED) is 0.364. The molecule has 0 bridgehead atoms. The first kappa shape index (κ1) is 14.6. The first-order valence-electron chi connectivity index (χ1n) is 6.69. The van der Waals surface area contributed by atoms with Crippen molar-refractivity contribution in [2.75, 3.05) is 45.2 Å². The minimum Gasteiger partial charge on any atom is -0.409 e. The van der Waals surface area contributed by atoms with E-state index in [1.54, 1.807) is 0 Å². The Kier molecular flexibility index (Phi) is 4.81. The predicted molar refractivity (Wildman–Crippen MR) is 79.5 cm³/mol. The third-order valence-electron chi connectivity index (χ3n) is 3.53. The van der Waals surface area contributed by atoms with E-state index in [-0.39, 0.29) is 11.9 Å². The molecule has 1 atom stereocenters. The Morgan fingerprint density at radius 2 is 2.20 bits per heavy atom. The van der Waals surface area contributed by atoms with Crippen molar-refractivity contribution in [1.82, 2.24) is 4.90 Å². The summed E-state index contributed by atoms with van der Waals surface area (Å²) in [6.07, 6.45) is 0.225. The van der Waals surface area contributed by atoms with Gasteiger partial charge >= 0.3 is 0 Å². The molecule has 1 unspecified atom stereocenters. The van der Waals surface area contributed by atoms with E-state index in [2.05, 4.69) is 22.0 Å². The summed E-state index contributed by atoms with van der Waals surface area (Å²) in [5.74, 6) is 0.122. The molecule has 1 saturated heterocycles. The van der Waals surface area contributed by atoms with Gasteiger partial charge in [0.25, 0.3) is 0 Å². The van der Waals surface area contributed by atoms with Crippen molar-refractivity contribution in [2.45, 2.75) is 6.10 Å². The van der Waals surface area contributed by atoms with Gasteiger partial charge in [-0.3, -0.25) is 0 Å². The van der Waals surface area contributed by atoms with Crippen LogP contribution in [0.4, 0.5) is 5.69 Å². The van der Waals surface area contributed by atoms with E-state index in [9.17, 15) is 0 Å². The molecule has 0 aliphatic carbocycles. The van der Waals surface area contributed by atoms with Gasteiger partial charge in [0, 0.05) is 37.9 Å². The zero-order valence-corrected chi connectivity index (χ0v) is 12.0. The maximum atomic E-state index is 8.64. The molecule has 2 rings (SSSR count). The van der Waals surface area contributed by atoms with E-state index in [0.717, 1.165) is 31.9 Å². The minimum absolute atomic E-state index is 0.122. The molecule has 1 aliphatic rings. The van der Waals surface area contributed by atoms with E-state index in [1.165, 1.54) is 0 Å². The lowest BCUT2D eigenvalue weighted by Gasteiger charge is -2.33. The van der Waals surface area contributed by atoms with Gasteiger partial charge < -0.3 is 25.5 Å². The predicted octanol–water partition coefficient (Wildman–Crippen LogP) is 0.548. The van der Waals surface area contributed by atoms with E-state index in [4.69, 9.17) is 15.7 Å². The zero-order valence-electron chi connectivity index (χ0n) is 12.0. The Labute approximate surface area is 119 Å². The molecule has 0 saturated carbocycles. The molecule has 0 radical (unpaired) electrons. The van der Waals surface area contributed by atoms with E-state index >= 15 is 0 Å². The summed E-state index contributed by atoms with van der Waals surface area (Å²) in [6.45, 7) is 3.58. The lowest BCUT2D eigenvalue weighted by molar-refractivity contribution is -0.0143. The average molecular weight is 278 g/mol. The van der Waals surface area contributed by atoms with Crippen molar-refractivity contribution in [3.05, 3.63) is 29.8 Å². The number of nitrogens with two attached hydrogens (primary N) is 1. The van der Waals surface area contributed by atoms with Crippen LogP contribution < -0.4 is 10.6 Å². The molecular weight excluding hydrogens is 256 g/mol. The molecular formula is C14H22N4O2. The summed E-state index contributed by atoms with van der Waals surface area (Å²) in [7, 11) is 4.15. The van der Waals surface area contributed by atoms with Crippen LogP contribution in [-0.2, 0) is 4.74 Å². The molecule has 0 aromatic heterocycles. The number of oxime groups is 1. The maximum absolute atomic E-state index is 8.64. The van der Waals surface area contributed by atoms with Gasteiger partial charge in [-0.2, -0.15) is 0 Å². The van der Waals surface area contributed by atoms with Gasteiger partial charge in [-0.25, -0.2) is 0 Å². The van der Waals surface area contributed by atoms with Crippen LogP contribution in [0, 0.1) is 0 Å². The van der Waals surface area contributed by atoms with Crippen LogP contribution >= 0.6 is 0 Å². The van der Waals surface area contributed by atoms with Gasteiger partial charge in [-0.1, -0.05) is 5.16 Å². The number of ether oxygens (including phenoxy) is 1.